The lowest BCUT2D eigenvalue weighted by atomic mass is 10.1. The van der Waals surface area contributed by atoms with Gasteiger partial charge >= 0.3 is 5.97 Å². The lowest BCUT2D eigenvalue weighted by molar-refractivity contribution is 0.0452. The van der Waals surface area contributed by atoms with E-state index in [1.807, 2.05) is 31.2 Å². The number of nitrogens with zero attached hydrogens (tertiary/aromatic N) is 1. The number of pyridine rings is 1. The van der Waals surface area contributed by atoms with Crippen molar-refractivity contribution in [3.05, 3.63) is 69.8 Å². The van der Waals surface area contributed by atoms with E-state index in [1.54, 1.807) is 24.3 Å². The largest absolute Gasteiger partial charge is 0.488 e. The fourth-order valence-corrected chi connectivity index (χ4v) is 2.90. The molecule has 0 unspecified atom stereocenters. The van der Waals surface area contributed by atoms with E-state index in [0.717, 1.165) is 16.6 Å². The molecule has 0 aliphatic heterocycles. The summed E-state index contributed by atoms with van der Waals surface area (Å²) in [6.07, 6.45) is 0. The molecule has 0 fully saturated rings. The molecular formula is C19H15Cl2NO3. The number of carbonyl (C=O) groups is 1. The molecule has 0 bridgehead atoms. The average molecular weight is 376 g/mol. The number of esters is 1. The van der Waals surface area contributed by atoms with Crippen molar-refractivity contribution < 1.29 is 14.3 Å². The summed E-state index contributed by atoms with van der Waals surface area (Å²) in [5, 5.41) is 1.71. The van der Waals surface area contributed by atoms with Crippen molar-refractivity contribution in [2.45, 2.75) is 6.92 Å². The maximum absolute atomic E-state index is 12.4. The molecule has 0 radical (unpaired) electrons. The summed E-state index contributed by atoms with van der Waals surface area (Å²) in [6, 6.07) is 14.1. The molecule has 0 aliphatic carbocycles. The molecule has 1 aromatic heterocycles. The Hall–Kier alpha value is -2.30. The van der Waals surface area contributed by atoms with Crippen LogP contribution in [0.1, 0.15) is 16.1 Å². The van der Waals surface area contributed by atoms with Crippen LogP contribution < -0.4 is 4.74 Å². The summed E-state index contributed by atoms with van der Waals surface area (Å²) in [5.41, 5.74) is 2.01. The zero-order valence-electron chi connectivity index (χ0n) is 13.5. The minimum absolute atomic E-state index is 0.105. The Labute approximate surface area is 155 Å². The third-order valence-electron chi connectivity index (χ3n) is 3.53. The summed E-state index contributed by atoms with van der Waals surface area (Å²) in [4.78, 5) is 16.8. The van der Waals surface area contributed by atoms with E-state index in [2.05, 4.69) is 4.98 Å². The van der Waals surface area contributed by atoms with Gasteiger partial charge < -0.3 is 9.47 Å². The predicted molar refractivity (Wildman–Crippen MR) is 98.7 cm³/mol. The first-order valence-corrected chi connectivity index (χ1v) is 8.41. The number of halogens is 2. The normalized spacial score (nSPS) is 10.7. The number of benzene rings is 2. The van der Waals surface area contributed by atoms with Crippen LogP contribution in [-0.2, 0) is 4.74 Å². The van der Waals surface area contributed by atoms with E-state index in [1.165, 1.54) is 0 Å². The van der Waals surface area contributed by atoms with Gasteiger partial charge in [0.05, 0.1) is 16.1 Å². The molecule has 0 atom stereocenters. The van der Waals surface area contributed by atoms with Gasteiger partial charge in [-0.1, -0.05) is 41.4 Å². The topological polar surface area (TPSA) is 48.4 Å². The van der Waals surface area contributed by atoms with Gasteiger partial charge in [-0.05, 0) is 37.3 Å². The third kappa shape index (κ3) is 4.21. The lowest BCUT2D eigenvalue weighted by Gasteiger charge is -2.10. The Bertz CT molecular complexity index is 928. The second-order valence-electron chi connectivity index (χ2n) is 5.39. The molecule has 2 aromatic carbocycles. The Kier molecular flexibility index (Phi) is 5.41. The van der Waals surface area contributed by atoms with Gasteiger partial charge in [-0.15, -0.1) is 0 Å². The first-order valence-electron chi connectivity index (χ1n) is 7.66. The number of fused-ring (bicyclic) bond motifs is 1. The van der Waals surface area contributed by atoms with E-state index in [0.29, 0.717) is 21.4 Å². The quantitative estimate of drug-likeness (QED) is 0.460. The molecular weight excluding hydrogens is 361 g/mol. The Morgan fingerprint density at radius 2 is 1.88 bits per heavy atom. The first-order chi connectivity index (χ1) is 12.0. The number of rotatable bonds is 5. The molecule has 4 nitrogen and oxygen atoms in total. The highest BCUT2D eigenvalue weighted by Crippen LogP contribution is 2.27. The second-order valence-corrected chi connectivity index (χ2v) is 6.23. The van der Waals surface area contributed by atoms with Crippen LogP contribution in [0.2, 0.25) is 10.0 Å². The molecule has 128 valence electrons. The van der Waals surface area contributed by atoms with Crippen LogP contribution in [0.3, 0.4) is 0 Å². The number of aryl methyl sites for hydroxylation is 1. The van der Waals surface area contributed by atoms with Gasteiger partial charge in [-0.25, -0.2) is 4.79 Å². The SMILES string of the molecule is Cc1cc(C(=O)OCCOc2ccc(Cl)cc2Cl)c2ccccc2n1. The first kappa shape index (κ1) is 17.5. The molecule has 1 heterocycles. The highest BCUT2D eigenvalue weighted by atomic mass is 35.5. The third-order valence-corrected chi connectivity index (χ3v) is 4.06. The number of aromatic nitrogens is 1. The molecule has 0 amide bonds. The molecule has 3 aromatic rings. The van der Waals surface area contributed by atoms with Crippen LogP contribution in [0.15, 0.2) is 48.5 Å². The number of hydrogen-bond acceptors (Lipinski definition) is 4. The van der Waals surface area contributed by atoms with Gasteiger partial charge in [0.2, 0.25) is 0 Å². The van der Waals surface area contributed by atoms with E-state index < -0.39 is 5.97 Å². The van der Waals surface area contributed by atoms with E-state index in [4.69, 9.17) is 32.7 Å². The Balaban J connectivity index is 1.63. The molecule has 0 saturated heterocycles. The predicted octanol–water partition coefficient (Wildman–Crippen LogP) is 5.09. The maximum atomic E-state index is 12.4. The molecule has 25 heavy (non-hydrogen) atoms. The minimum atomic E-state index is -0.410. The molecule has 0 spiro atoms. The van der Waals surface area contributed by atoms with Gasteiger partial charge in [0.1, 0.15) is 19.0 Å². The average Bonchev–Trinajstić information content (AvgIpc) is 2.59. The van der Waals surface area contributed by atoms with Crippen molar-refractivity contribution in [3.63, 3.8) is 0 Å². The summed E-state index contributed by atoms with van der Waals surface area (Å²) in [5.74, 6) is 0.0832. The minimum Gasteiger partial charge on any atom is -0.488 e. The van der Waals surface area contributed by atoms with Crippen molar-refractivity contribution in [2.24, 2.45) is 0 Å². The Morgan fingerprint density at radius 1 is 1.08 bits per heavy atom. The molecule has 0 aliphatic rings. The monoisotopic (exact) mass is 375 g/mol. The fourth-order valence-electron chi connectivity index (χ4n) is 2.43. The van der Waals surface area contributed by atoms with Gasteiger partial charge in [-0.2, -0.15) is 0 Å². The van der Waals surface area contributed by atoms with E-state index >= 15 is 0 Å². The van der Waals surface area contributed by atoms with Crippen molar-refractivity contribution in [1.29, 1.82) is 0 Å². The second kappa shape index (κ2) is 7.72. The summed E-state index contributed by atoms with van der Waals surface area (Å²) in [6.45, 7) is 2.14. The molecule has 0 saturated carbocycles. The number of carbonyl (C=O) groups excluding carboxylic acids is 1. The smallest absolute Gasteiger partial charge is 0.339 e. The van der Waals surface area contributed by atoms with Crippen molar-refractivity contribution in [3.8, 4) is 5.75 Å². The van der Waals surface area contributed by atoms with Gasteiger partial charge in [0.15, 0.2) is 0 Å². The van der Waals surface area contributed by atoms with Crippen LogP contribution in [0.4, 0.5) is 0 Å². The van der Waals surface area contributed by atoms with E-state index in [-0.39, 0.29) is 13.2 Å². The van der Waals surface area contributed by atoms with Crippen molar-refractivity contribution in [1.82, 2.24) is 4.98 Å². The van der Waals surface area contributed by atoms with Crippen LogP contribution in [0.25, 0.3) is 10.9 Å². The van der Waals surface area contributed by atoms with Crippen LogP contribution in [0.5, 0.6) is 5.75 Å². The van der Waals surface area contributed by atoms with Gasteiger partial charge in [0, 0.05) is 16.1 Å². The summed E-state index contributed by atoms with van der Waals surface area (Å²) >= 11 is 11.9. The van der Waals surface area contributed by atoms with E-state index in [9.17, 15) is 4.79 Å². The summed E-state index contributed by atoms with van der Waals surface area (Å²) in [7, 11) is 0. The Morgan fingerprint density at radius 3 is 2.68 bits per heavy atom. The fraction of sp³-hybridized carbons (Fsp3) is 0.158. The molecule has 6 heteroatoms. The van der Waals surface area contributed by atoms with Gasteiger partial charge in [-0.3, -0.25) is 4.98 Å². The van der Waals surface area contributed by atoms with Crippen molar-refractivity contribution >= 4 is 40.1 Å². The highest BCUT2D eigenvalue weighted by Gasteiger charge is 2.13. The van der Waals surface area contributed by atoms with Crippen LogP contribution in [-0.4, -0.2) is 24.2 Å². The zero-order chi connectivity index (χ0) is 17.8. The van der Waals surface area contributed by atoms with Crippen LogP contribution in [0, 0.1) is 6.92 Å². The zero-order valence-corrected chi connectivity index (χ0v) is 15.0. The summed E-state index contributed by atoms with van der Waals surface area (Å²) < 4.78 is 10.8. The number of ether oxygens (including phenoxy) is 2. The lowest BCUT2D eigenvalue weighted by Crippen LogP contribution is -2.13. The highest BCUT2D eigenvalue weighted by molar-refractivity contribution is 6.35. The molecule has 3 rings (SSSR count). The maximum Gasteiger partial charge on any atom is 0.339 e. The standard InChI is InChI=1S/C19H15Cl2NO3/c1-12-10-15(14-4-2-3-5-17(14)22-12)19(23)25-9-8-24-18-7-6-13(20)11-16(18)21/h2-7,10-11H,8-9H2,1H3. The van der Waals surface area contributed by atoms with Crippen molar-refractivity contribution in [2.75, 3.05) is 13.2 Å². The number of hydrogen-bond donors (Lipinski definition) is 0. The van der Waals surface area contributed by atoms with Gasteiger partial charge in [0.25, 0.3) is 0 Å². The number of para-hydroxylation sites is 1. The van der Waals surface area contributed by atoms with Crippen LogP contribution >= 0.6 is 23.2 Å². The molecule has 0 N–H and O–H groups in total.